The van der Waals surface area contributed by atoms with Gasteiger partial charge in [-0.2, -0.15) is 0 Å². The zero-order valence-corrected chi connectivity index (χ0v) is 19.4. The number of anilines is 1. The van der Waals surface area contributed by atoms with Crippen molar-refractivity contribution in [2.24, 2.45) is 0 Å². The fourth-order valence-electron chi connectivity index (χ4n) is 3.78. The lowest BCUT2D eigenvalue weighted by molar-refractivity contribution is -0.121. The van der Waals surface area contributed by atoms with Crippen LogP contribution in [0.4, 0.5) is 5.69 Å². The number of hydrogen-bond acceptors (Lipinski definition) is 4. The molecule has 0 radical (unpaired) electrons. The van der Waals surface area contributed by atoms with Gasteiger partial charge >= 0.3 is 0 Å². The quantitative estimate of drug-likeness (QED) is 0.562. The van der Waals surface area contributed by atoms with Gasteiger partial charge < -0.3 is 10.6 Å². The largest absolute Gasteiger partial charge is 0.353 e. The van der Waals surface area contributed by atoms with Crippen molar-refractivity contribution in [3.8, 4) is 0 Å². The first-order chi connectivity index (χ1) is 15.2. The summed E-state index contributed by atoms with van der Waals surface area (Å²) in [5.74, 6) is -0.479. The molecule has 32 heavy (non-hydrogen) atoms. The third-order valence-corrected chi connectivity index (χ3v) is 7.05. The maximum Gasteiger partial charge on any atom is 0.261 e. The third kappa shape index (κ3) is 6.56. The molecule has 0 bridgehead atoms. The Morgan fingerprint density at radius 1 is 0.969 bits per heavy atom. The SMILES string of the molecule is Cc1ccc(NS(=O)(=O)c2ccc(C)c(C(=O)NCCC(=O)NC3CCCCC3)c2)cc1. The van der Waals surface area contributed by atoms with E-state index in [0.29, 0.717) is 11.3 Å². The minimum absolute atomic E-state index is 0.00358. The van der Waals surface area contributed by atoms with Crippen molar-refractivity contribution >= 4 is 27.5 Å². The van der Waals surface area contributed by atoms with E-state index in [4.69, 9.17) is 0 Å². The Morgan fingerprint density at radius 3 is 2.34 bits per heavy atom. The number of benzene rings is 2. The molecule has 0 saturated heterocycles. The standard InChI is InChI=1S/C24H31N3O4S/c1-17-8-11-20(12-9-17)27-32(30,31)21-13-10-18(2)22(16-21)24(29)25-15-14-23(28)26-19-6-4-3-5-7-19/h8-13,16,19,27H,3-7,14-15H2,1-2H3,(H,25,29)(H,26,28). The van der Waals surface area contributed by atoms with Crippen LogP contribution in [0.25, 0.3) is 0 Å². The Morgan fingerprint density at radius 2 is 1.66 bits per heavy atom. The Labute approximate surface area is 190 Å². The van der Waals surface area contributed by atoms with Crippen LogP contribution in [0.3, 0.4) is 0 Å². The number of amides is 2. The number of hydrogen-bond donors (Lipinski definition) is 3. The van der Waals surface area contributed by atoms with Crippen molar-refractivity contribution in [2.45, 2.75) is 63.3 Å². The maximum absolute atomic E-state index is 12.8. The van der Waals surface area contributed by atoms with Crippen molar-refractivity contribution in [2.75, 3.05) is 11.3 Å². The van der Waals surface area contributed by atoms with Gasteiger partial charge in [-0.1, -0.05) is 43.0 Å². The van der Waals surface area contributed by atoms with Crippen LogP contribution in [-0.2, 0) is 14.8 Å². The second-order valence-corrected chi connectivity index (χ2v) is 10.0. The molecule has 0 unspecified atom stereocenters. The Bertz CT molecular complexity index is 1060. The van der Waals surface area contributed by atoms with Gasteiger partial charge in [-0.15, -0.1) is 0 Å². The summed E-state index contributed by atoms with van der Waals surface area (Å²) in [5.41, 5.74) is 2.40. The summed E-state index contributed by atoms with van der Waals surface area (Å²) < 4.78 is 28.1. The monoisotopic (exact) mass is 457 g/mol. The fraction of sp³-hybridized carbons (Fsp3) is 0.417. The smallest absolute Gasteiger partial charge is 0.261 e. The molecule has 172 valence electrons. The summed E-state index contributed by atoms with van der Waals surface area (Å²) in [4.78, 5) is 24.8. The van der Waals surface area contributed by atoms with E-state index in [9.17, 15) is 18.0 Å². The van der Waals surface area contributed by atoms with E-state index < -0.39 is 15.9 Å². The van der Waals surface area contributed by atoms with E-state index >= 15 is 0 Å². The highest BCUT2D eigenvalue weighted by Crippen LogP contribution is 2.20. The Hall–Kier alpha value is -2.87. The molecule has 0 heterocycles. The van der Waals surface area contributed by atoms with E-state index in [1.165, 1.54) is 18.6 Å². The molecule has 0 spiro atoms. The molecule has 2 amide bonds. The van der Waals surface area contributed by atoms with Gasteiger partial charge in [0.15, 0.2) is 0 Å². The molecular weight excluding hydrogens is 426 g/mol. The number of aryl methyl sites for hydroxylation is 2. The molecule has 3 rings (SSSR count). The Balaban J connectivity index is 1.59. The third-order valence-electron chi connectivity index (χ3n) is 5.68. The zero-order valence-electron chi connectivity index (χ0n) is 18.6. The summed E-state index contributed by atoms with van der Waals surface area (Å²) in [6.45, 7) is 3.85. The first-order valence-corrected chi connectivity index (χ1v) is 12.5. The average molecular weight is 458 g/mol. The van der Waals surface area contributed by atoms with Crippen LogP contribution in [-0.4, -0.2) is 32.8 Å². The van der Waals surface area contributed by atoms with Crippen LogP contribution in [0, 0.1) is 13.8 Å². The summed E-state index contributed by atoms with van der Waals surface area (Å²) in [7, 11) is -3.84. The van der Waals surface area contributed by atoms with Gasteiger partial charge in [0.05, 0.1) is 4.90 Å². The predicted octanol–water partition coefficient (Wildman–Crippen LogP) is 3.67. The van der Waals surface area contributed by atoms with Gasteiger partial charge in [0.25, 0.3) is 15.9 Å². The molecule has 8 heteroatoms. The van der Waals surface area contributed by atoms with Crippen molar-refractivity contribution < 1.29 is 18.0 Å². The topological polar surface area (TPSA) is 104 Å². The lowest BCUT2D eigenvalue weighted by atomic mass is 9.95. The number of rotatable bonds is 8. The second kappa shape index (κ2) is 10.6. The summed E-state index contributed by atoms with van der Waals surface area (Å²) >= 11 is 0. The van der Waals surface area contributed by atoms with Crippen molar-refractivity contribution in [1.82, 2.24) is 10.6 Å². The Kier molecular flexibility index (Phi) is 7.90. The molecule has 1 aliphatic carbocycles. The van der Waals surface area contributed by atoms with Gasteiger partial charge in [-0.3, -0.25) is 14.3 Å². The van der Waals surface area contributed by atoms with Crippen LogP contribution in [0.2, 0.25) is 0 Å². The van der Waals surface area contributed by atoms with Crippen molar-refractivity contribution in [3.05, 3.63) is 59.2 Å². The van der Waals surface area contributed by atoms with E-state index in [-0.39, 0.29) is 35.4 Å². The number of sulfonamides is 1. The second-order valence-electron chi connectivity index (χ2n) is 8.36. The van der Waals surface area contributed by atoms with Crippen LogP contribution in [0.1, 0.15) is 60.0 Å². The molecule has 1 saturated carbocycles. The van der Waals surface area contributed by atoms with Gasteiger partial charge in [-0.05, 0) is 56.5 Å². The van der Waals surface area contributed by atoms with E-state index in [2.05, 4.69) is 15.4 Å². The molecule has 3 N–H and O–H groups in total. The van der Waals surface area contributed by atoms with Gasteiger partial charge in [0.1, 0.15) is 0 Å². The highest BCUT2D eigenvalue weighted by Gasteiger charge is 2.19. The highest BCUT2D eigenvalue weighted by molar-refractivity contribution is 7.92. The molecule has 7 nitrogen and oxygen atoms in total. The number of nitrogens with one attached hydrogen (secondary N) is 3. The normalized spacial score (nSPS) is 14.6. The number of carbonyl (C=O) groups excluding carboxylic acids is 2. The van der Waals surface area contributed by atoms with Crippen LogP contribution >= 0.6 is 0 Å². The van der Waals surface area contributed by atoms with Crippen LogP contribution in [0.5, 0.6) is 0 Å². The van der Waals surface area contributed by atoms with E-state index in [1.54, 1.807) is 25.1 Å². The van der Waals surface area contributed by atoms with Gasteiger partial charge in [0.2, 0.25) is 5.91 Å². The lowest BCUT2D eigenvalue weighted by Crippen LogP contribution is -2.38. The predicted molar refractivity (Wildman–Crippen MR) is 125 cm³/mol. The van der Waals surface area contributed by atoms with Crippen molar-refractivity contribution in [3.63, 3.8) is 0 Å². The number of carbonyl (C=O) groups is 2. The van der Waals surface area contributed by atoms with E-state index in [1.807, 2.05) is 19.1 Å². The van der Waals surface area contributed by atoms with Crippen LogP contribution < -0.4 is 15.4 Å². The van der Waals surface area contributed by atoms with Crippen LogP contribution in [0.15, 0.2) is 47.4 Å². The maximum atomic E-state index is 12.8. The summed E-state index contributed by atoms with van der Waals surface area (Å²) in [5, 5.41) is 5.75. The molecule has 1 fully saturated rings. The molecule has 0 atom stereocenters. The first kappa shape index (κ1) is 23.8. The molecular formula is C24H31N3O4S. The zero-order chi connectivity index (χ0) is 23.1. The minimum Gasteiger partial charge on any atom is -0.353 e. The molecule has 0 aromatic heterocycles. The first-order valence-electron chi connectivity index (χ1n) is 11.0. The molecule has 2 aromatic carbocycles. The molecule has 2 aromatic rings. The minimum atomic E-state index is -3.84. The fourth-order valence-corrected chi connectivity index (χ4v) is 4.86. The summed E-state index contributed by atoms with van der Waals surface area (Å²) in [6.07, 6.45) is 5.70. The molecule has 1 aliphatic rings. The molecule has 0 aliphatic heterocycles. The van der Waals surface area contributed by atoms with Gasteiger partial charge in [0, 0.05) is 30.3 Å². The highest BCUT2D eigenvalue weighted by atomic mass is 32.2. The average Bonchev–Trinajstić information content (AvgIpc) is 2.76. The summed E-state index contributed by atoms with van der Waals surface area (Å²) in [6, 6.07) is 11.7. The van der Waals surface area contributed by atoms with Gasteiger partial charge in [-0.25, -0.2) is 8.42 Å². The van der Waals surface area contributed by atoms with Crippen molar-refractivity contribution in [1.29, 1.82) is 0 Å². The lowest BCUT2D eigenvalue weighted by Gasteiger charge is -2.22. The van der Waals surface area contributed by atoms with E-state index in [0.717, 1.165) is 31.2 Å².